The summed E-state index contributed by atoms with van der Waals surface area (Å²) in [7, 11) is 1.69. The van der Waals surface area contributed by atoms with Gasteiger partial charge in [0.25, 0.3) is 0 Å². The number of methoxy groups -OCH3 is 1. The minimum atomic E-state index is 0.870. The van der Waals surface area contributed by atoms with E-state index in [1.165, 1.54) is 39.1 Å². The van der Waals surface area contributed by atoms with E-state index >= 15 is 0 Å². The van der Waals surface area contributed by atoms with E-state index in [0.29, 0.717) is 0 Å². The van der Waals surface area contributed by atoms with Gasteiger partial charge in [0.05, 0.1) is 7.11 Å². The summed E-state index contributed by atoms with van der Waals surface area (Å²) in [6, 6.07) is 25.5. The summed E-state index contributed by atoms with van der Waals surface area (Å²) in [6.45, 7) is 4.25. The average Bonchev–Trinajstić information content (AvgIpc) is 2.85. The third kappa shape index (κ3) is 6.14. The third-order valence-corrected chi connectivity index (χ3v) is 5.87. The number of rotatable bonds is 7. The first-order valence-electron chi connectivity index (χ1n) is 11.4. The van der Waals surface area contributed by atoms with E-state index < -0.39 is 0 Å². The molecule has 0 aliphatic heterocycles. The zero-order chi connectivity index (χ0) is 23.0. The lowest BCUT2D eigenvalue weighted by Gasteiger charge is -2.15. The Hall–Kier alpha value is -3.78. The fourth-order valence-electron chi connectivity index (χ4n) is 3.85. The molecule has 0 spiro atoms. The van der Waals surface area contributed by atoms with E-state index in [2.05, 4.69) is 98.1 Å². The lowest BCUT2D eigenvalue weighted by atomic mass is 9.95. The lowest BCUT2D eigenvalue weighted by Crippen LogP contribution is -2.02. The Bertz CT molecular complexity index is 1140. The molecule has 1 N–H and O–H groups in total. The summed E-state index contributed by atoms with van der Waals surface area (Å²) >= 11 is 0. The molecular formula is C31H31NO. The van der Waals surface area contributed by atoms with Crippen molar-refractivity contribution in [1.29, 1.82) is 0 Å². The van der Waals surface area contributed by atoms with Crippen LogP contribution < -0.4 is 10.1 Å². The fraction of sp³-hybridized carbons (Fsp3) is 0.161. The van der Waals surface area contributed by atoms with Gasteiger partial charge in [-0.1, -0.05) is 84.0 Å². The first-order valence-corrected chi connectivity index (χ1v) is 11.4. The Labute approximate surface area is 197 Å². The highest BCUT2D eigenvalue weighted by Gasteiger charge is 2.06. The van der Waals surface area contributed by atoms with Crippen LogP contribution in [0.5, 0.6) is 5.75 Å². The second kappa shape index (κ2) is 10.7. The van der Waals surface area contributed by atoms with Crippen molar-refractivity contribution in [3.63, 3.8) is 0 Å². The molecule has 0 aromatic heterocycles. The second-order valence-corrected chi connectivity index (χ2v) is 8.46. The highest BCUT2D eigenvalue weighted by molar-refractivity contribution is 5.81. The standard InChI is InChI=1S/C31H31NO/c1-23-7-13-26(14-8-23)31(27-15-9-24(2)10-16-27)6-4-5-25-11-17-28(18-12-25)32-29-19-21-30(33-3)22-20-29/h4-11,13-17,19-22,32H,12,18H2,1-3H3. The van der Waals surface area contributed by atoms with Crippen LogP contribution in [0.2, 0.25) is 0 Å². The van der Waals surface area contributed by atoms with Crippen LogP contribution in [0.3, 0.4) is 0 Å². The zero-order valence-electron chi connectivity index (χ0n) is 19.6. The molecule has 0 radical (unpaired) electrons. The van der Waals surface area contributed by atoms with Gasteiger partial charge < -0.3 is 10.1 Å². The number of hydrogen-bond acceptors (Lipinski definition) is 2. The van der Waals surface area contributed by atoms with Gasteiger partial charge in [-0.05, 0) is 79.3 Å². The van der Waals surface area contributed by atoms with Gasteiger partial charge in [0.1, 0.15) is 5.75 Å². The summed E-state index contributed by atoms with van der Waals surface area (Å²) in [5.74, 6) is 0.870. The first kappa shape index (κ1) is 22.4. The quantitative estimate of drug-likeness (QED) is 0.381. The minimum absolute atomic E-state index is 0.870. The van der Waals surface area contributed by atoms with Crippen molar-refractivity contribution in [2.75, 3.05) is 12.4 Å². The number of nitrogens with one attached hydrogen (secondary N) is 1. The molecule has 3 aromatic rings. The summed E-state index contributed by atoms with van der Waals surface area (Å²) in [5, 5.41) is 3.50. The molecule has 33 heavy (non-hydrogen) atoms. The number of hydrogen-bond donors (Lipinski definition) is 1. The lowest BCUT2D eigenvalue weighted by molar-refractivity contribution is 0.415. The van der Waals surface area contributed by atoms with Crippen molar-refractivity contribution in [2.45, 2.75) is 26.7 Å². The Morgan fingerprint density at radius 1 is 0.758 bits per heavy atom. The van der Waals surface area contributed by atoms with Crippen LogP contribution in [0.4, 0.5) is 5.69 Å². The van der Waals surface area contributed by atoms with Gasteiger partial charge in [-0.3, -0.25) is 0 Å². The number of aryl methyl sites for hydroxylation is 2. The van der Waals surface area contributed by atoms with E-state index in [0.717, 1.165) is 24.3 Å². The van der Waals surface area contributed by atoms with E-state index in [1.54, 1.807) is 7.11 Å². The van der Waals surface area contributed by atoms with Crippen molar-refractivity contribution in [3.8, 4) is 5.75 Å². The molecule has 0 fully saturated rings. The number of anilines is 1. The smallest absolute Gasteiger partial charge is 0.119 e. The predicted octanol–water partition coefficient (Wildman–Crippen LogP) is 8.02. The maximum Gasteiger partial charge on any atom is 0.119 e. The van der Waals surface area contributed by atoms with E-state index in [4.69, 9.17) is 4.74 Å². The van der Waals surface area contributed by atoms with Crippen LogP contribution in [-0.2, 0) is 0 Å². The molecule has 0 saturated carbocycles. The zero-order valence-corrected chi connectivity index (χ0v) is 19.6. The van der Waals surface area contributed by atoms with Crippen molar-refractivity contribution in [3.05, 3.63) is 137 Å². The maximum absolute atomic E-state index is 5.23. The summed E-state index contributed by atoms with van der Waals surface area (Å²) in [6.07, 6.45) is 13.0. The van der Waals surface area contributed by atoms with Crippen molar-refractivity contribution >= 4 is 11.3 Å². The van der Waals surface area contributed by atoms with Gasteiger partial charge in [-0.2, -0.15) is 0 Å². The van der Waals surface area contributed by atoms with Gasteiger partial charge >= 0.3 is 0 Å². The number of allylic oxidation sites excluding steroid dienone is 7. The fourth-order valence-corrected chi connectivity index (χ4v) is 3.85. The summed E-state index contributed by atoms with van der Waals surface area (Å²) in [5.41, 5.74) is 9.89. The topological polar surface area (TPSA) is 21.3 Å². The van der Waals surface area contributed by atoms with E-state index in [9.17, 15) is 0 Å². The van der Waals surface area contributed by atoms with Crippen LogP contribution in [-0.4, -0.2) is 7.11 Å². The molecule has 1 aliphatic carbocycles. The van der Waals surface area contributed by atoms with Crippen molar-refractivity contribution in [1.82, 2.24) is 0 Å². The average molecular weight is 434 g/mol. The van der Waals surface area contributed by atoms with E-state index in [1.807, 2.05) is 24.3 Å². The Balaban J connectivity index is 1.50. The molecule has 1 aliphatic rings. The van der Waals surface area contributed by atoms with Gasteiger partial charge in [0.2, 0.25) is 0 Å². The predicted molar refractivity (Wildman–Crippen MR) is 141 cm³/mol. The largest absolute Gasteiger partial charge is 0.497 e. The molecule has 2 heteroatoms. The Morgan fingerprint density at radius 3 is 1.88 bits per heavy atom. The molecule has 0 unspecified atom stereocenters. The molecule has 4 rings (SSSR count). The highest BCUT2D eigenvalue weighted by atomic mass is 16.5. The molecule has 0 saturated heterocycles. The molecule has 0 amide bonds. The SMILES string of the molecule is COc1ccc(NC2=CC=C(C=CC=C(c3ccc(C)cc3)c3ccc(C)cc3)CC2)cc1. The van der Waals surface area contributed by atoms with Crippen LogP contribution in [0, 0.1) is 13.8 Å². The molecule has 2 nitrogen and oxygen atoms in total. The Kier molecular flexibility index (Phi) is 7.26. The summed E-state index contributed by atoms with van der Waals surface area (Å²) in [4.78, 5) is 0. The second-order valence-electron chi connectivity index (χ2n) is 8.46. The highest BCUT2D eigenvalue weighted by Crippen LogP contribution is 2.26. The monoisotopic (exact) mass is 433 g/mol. The summed E-state index contributed by atoms with van der Waals surface area (Å²) < 4.78 is 5.23. The van der Waals surface area contributed by atoms with Gasteiger partial charge in [-0.15, -0.1) is 0 Å². The maximum atomic E-state index is 5.23. The van der Waals surface area contributed by atoms with Crippen LogP contribution in [0.1, 0.15) is 35.1 Å². The van der Waals surface area contributed by atoms with Gasteiger partial charge in [0, 0.05) is 11.4 Å². The molecule has 0 bridgehead atoms. The third-order valence-electron chi connectivity index (χ3n) is 5.87. The minimum Gasteiger partial charge on any atom is -0.497 e. The number of benzene rings is 3. The molecule has 166 valence electrons. The molecule has 0 heterocycles. The van der Waals surface area contributed by atoms with Crippen LogP contribution in [0.15, 0.2) is 114 Å². The Morgan fingerprint density at radius 2 is 1.36 bits per heavy atom. The number of ether oxygens (including phenoxy) is 1. The van der Waals surface area contributed by atoms with Crippen molar-refractivity contribution in [2.24, 2.45) is 0 Å². The molecule has 3 aromatic carbocycles. The van der Waals surface area contributed by atoms with Gasteiger partial charge in [0.15, 0.2) is 0 Å². The molecular weight excluding hydrogens is 402 g/mol. The van der Waals surface area contributed by atoms with Crippen LogP contribution >= 0.6 is 0 Å². The first-order chi connectivity index (χ1) is 16.1. The molecule has 0 atom stereocenters. The van der Waals surface area contributed by atoms with Crippen molar-refractivity contribution < 1.29 is 4.74 Å². The van der Waals surface area contributed by atoms with Gasteiger partial charge in [-0.25, -0.2) is 0 Å². The van der Waals surface area contributed by atoms with E-state index in [-0.39, 0.29) is 0 Å². The van der Waals surface area contributed by atoms with Crippen LogP contribution in [0.25, 0.3) is 5.57 Å². The normalized spacial score (nSPS) is 13.3.